The molecule has 148 valence electrons. The summed E-state index contributed by atoms with van der Waals surface area (Å²) in [6.45, 7) is 19.2. The fourth-order valence-electron chi connectivity index (χ4n) is 6.40. The molecule has 0 bridgehead atoms. The fourth-order valence-corrected chi connectivity index (χ4v) is 6.40. The summed E-state index contributed by atoms with van der Waals surface area (Å²) in [5.74, 6) is 0.994. The molecule has 2 saturated heterocycles. The number of piperidine rings is 2. The van der Waals surface area contributed by atoms with Crippen molar-refractivity contribution in [3.05, 3.63) is 0 Å². The van der Waals surface area contributed by atoms with Gasteiger partial charge >= 0.3 is 0 Å². The highest BCUT2D eigenvalue weighted by Crippen LogP contribution is 2.47. The average molecular weight is 353 g/mol. The van der Waals surface area contributed by atoms with Crippen molar-refractivity contribution in [1.82, 2.24) is 10.6 Å². The van der Waals surface area contributed by atoms with Crippen molar-refractivity contribution in [2.45, 2.75) is 115 Å². The van der Waals surface area contributed by atoms with Crippen LogP contribution in [0.15, 0.2) is 0 Å². The Bertz CT molecular complexity index is 408. The van der Waals surface area contributed by atoms with Crippen molar-refractivity contribution in [2.24, 2.45) is 23.3 Å². The maximum atomic E-state index is 7.31. The predicted octanol–water partition coefficient (Wildman–Crippen LogP) is 3.15. The van der Waals surface area contributed by atoms with Gasteiger partial charge in [0.2, 0.25) is 0 Å². The number of hydrogen-bond acceptors (Lipinski definition) is 4. The van der Waals surface area contributed by atoms with Crippen LogP contribution in [0.5, 0.6) is 0 Å². The van der Waals surface area contributed by atoms with E-state index >= 15 is 0 Å². The smallest absolute Gasteiger partial charge is 0.0226 e. The summed E-state index contributed by atoms with van der Waals surface area (Å²) in [5, 5.41) is 7.62. The van der Waals surface area contributed by atoms with E-state index in [1.54, 1.807) is 0 Å². The van der Waals surface area contributed by atoms with Gasteiger partial charge in [-0.25, -0.2) is 0 Å². The van der Waals surface area contributed by atoms with Gasteiger partial charge in [0.05, 0.1) is 0 Å². The lowest BCUT2D eigenvalue weighted by atomic mass is 9.58. The highest BCUT2D eigenvalue weighted by atomic mass is 15.1. The van der Waals surface area contributed by atoms with E-state index in [2.05, 4.69) is 66.0 Å². The van der Waals surface area contributed by atoms with Crippen LogP contribution in [0.4, 0.5) is 0 Å². The first-order chi connectivity index (χ1) is 11.1. The van der Waals surface area contributed by atoms with Gasteiger partial charge in [0, 0.05) is 27.7 Å². The van der Waals surface area contributed by atoms with Crippen molar-refractivity contribution >= 4 is 0 Å². The van der Waals surface area contributed by atoms with Crippen LogP contribution in [0, 0.1) is 11.8 Å². The molecule has 4 heteroatoms. The van der Waals surface area contributed by atoms with Gasteiger partial charge in [0.25, 0.3) is 0 Å². The van der Waals surface area contributed by atoms with Crippen LogP contribution in [0.2, 0.25) is 0 Å². The van der Waals surface area contributed by atoms with Crippen LogP contribution in [0.3, 0.4) is 0 Å². The molecule has 2 fully saturated rings. The Kier molecular flexibility index (Phi) is 5.47. The second-order valence-corrected chi connectivity index (χ2v) is 11.6. The molecule has 6 N–H and O–H groups in total. The molecule has 0 spiro atoms. The van der Waals surface area contributed by atoms with Gasteiger partial charge in [-0.2, -0.15) is 0 Å². The Hall–Kier alpha value is -0.160. The second kappa shape index (κ2) is 6.47. The molecule has 25 heavy (non-hydrogen) atoms. The van der Waals surface area contributed by atoms with E-state index < -0.39 is 0 Å². The van der Waals surface area contributed by atoms with E-state index in [-0.39, 0.29) is 27.7 Å². The molecule has 0 saturated carbocycles. The van der Waals surface area contributed by atoms with Gasteiger partial charge in [0.15, 0.2) is 0 Å². The van der Waals surface area contributed by atoms with Gasteiger partial charge < -0.3 is 22.1 Å². The first-order valence-electron chi connectivity index (χ1n) is 10.2. The van der Waals surface area contributed by atoms with Crippen LogP contribution in [-0.2, 0) is 0 Å². The molecule has 0 aliphatic carbocycles. The lowest BCUT2D eigenvalue weighted by Crippen LogP contribution is -2.69. The number of rotatable bonds is 4. The molecule has 2 rings (SSSR count). The van der Waals surface area contributed by atoms with Gasteiger partial charge in [-0.05, 0) is 106 Å². The third-order valence-electron chi connectivity index (χ3n) is 6.48. The van der Waals surface area contributed by atoms with Crippen LogP contribution in [-0.4, -0.2) is 34.2 Å². The van der Waals surface area contributed by atoms with E-state index in [1.807, 2.05) is 0 Å². The minimum absolute atomic E-state index is 0.115. The average Bonchev–Trinajstić information content (AvgIpc) is 2.31. The monoisotopic (exact) mass is 352 g/mol. The normalized spacial score (nSPS) is 29.5. The van der Waals surface area contributed by atoms with Crippen molar-refractivity contribution in [3.63, 3.8) is 0 Å². The molecule has 0 aromatic rings. The van der Waals surface area contributed by atoms with Gasteiger partial charge in [-0.1, -0.05) is 0 Å². The quantitative estimate of drug-likeness (QED) is 0.627. The molecule has 2 heterocycles. The van der Waals surface area contributed by atoms with Crippen LogP contribution >= 0.6 is 0 Å². The molecule has 4 nitrogen and oxygen atoms in total. The summed E-state index contributed by atoms with van der Waals surface area (Å²) < 4.78 is 0. The molecular formula is C21H44N4. The largest absolute Gasteiger partial charge is 0.330 e. The van der Waals surface area contributed by atoms with Crippen LogP contribution < -0.4 is 22.1 Å². The van der Waals surface area contributed by atoms with E-state index in [0.717, 1.165) is 32.1 Å². The number of hydrogen-bond donors (Lipinski definition) is 4. The molecule has 0 radical (unpaired) electrons. The summed E-state index contributed by atoms with van der Waals surface area (Å²) in [6.07, 6.45) is 5.41. The Morgan fingerprint density at radius 1 is 0.720 bits per heavy atom. The van der Waals surface area contributed by atoms with E-state index in [9.17, 15) is 0 Å². The van der Waals surface area contributed by atoms with E-state index in [4.69, 9.17) is 11.5 Å². The summed E-state index contributed by atoms with van der Waals surface area (Å²) in [6, 6.07) is 0. The van der Waals surface area contributed by atoms with Crippen molar-refractivity contribution in [1.29, 1.82) is 0 Å². The number of nitrogens with one attached hydrogen (secondary N) is 2. The molecule has 2 aliphatic rings. The zero-order valence-corrected chi connectivity index (χ0v) is 18.1. The third kappa shape index (κ3) is 4.97. The molecule has 0 aromatic carbocycles. The molecule has 0 unspecified atom stereocenters. The summed E-state index contributed by atoms with van der Waals surface area (Å²) >= 11 is 0. The lowest BCUT2D eigenvalue weighted by molar-refractivity contribution is 0.00295. The molecule has 0 atom stereocenters. The Morgan fingerprint density at radius 2 is 1.00 bits per heavy atom. The van der Waals surface area contributed by atoms with Crippen molar-refractivity contribution < 1.29 is 0 Å². The van der Waals surface area contributed by atoms with Crippen LogP contribution in [0.25, 0.3) is 0 Å². The van der Waals surface area contributed by atoms with E-state index in [0.29, 0.717) is 18.4 Å². The molecule has 0 aromatic heterocycles. The Morgan fingerprint density at radius 3 is 1.24 bits per heavy atom. The van der Waals surface area contributed by atoms with E-state index in [1.165, 1.54) is 0 Å². The Balaban J connectivity index is 2.37. The zero-order valence-electron chi connectivity index (χ0n) is 18.1. The van der Waals surface area contributed by atoms with Gasteiger partial charge in [0.1, 0.15) is 0 Å². The fraction of sp³-hybridized carbons (Fsp3) is 1.00. The molecule has 2 aliphatic heterocycles. The lowest BCUT2D eigenvalue weighted by Gasteiger charge is -2.58. The first kappa shape index (κ1) is 21.1. The topological polar surface area (TPSA) is 76.1 Å². The standard InChI is InChI=1S/C21H44N4/c1-17(2)11-15(12-18(3,4)24-17)21(23,9-10-22)16-13-19(5,6)25-20(7,8)14-16/h15-16,24-25H,9-14,22-23H2,1-8H3. The SMILES string of the molecule is CC1(C)CC(C(N)(CCN)C2CC(C)(C)NC(C)(C)C2)CC(C)(C)N1. The maximum Gasteiger partial charge on any atom is 0.0226 e. The third-order valence-corrected chi connectivity index (χ3v) is 6.48. The predicted molar refractivity (Wildman–Crippen MR) is 109 cm³/mol. The highest BCUT2D eigenvalue weighted by molar-refractivity contribution is 5.11. The summed E-state index contributed by atoms with van der Waals surface area (Å²) in [4.78, 5) is 0. The molecule has 0 amide bonds. The minimum Gasteiger partial charge on any atom is -0.330 e. The summed E-state index contributed by atoms with van der Waals surface area (Å²) in [7, 11) is 0. The highest BCUT2D eigenvalue weighted by Gasteiger charge is 2.52. The van der Waals surface area contributed by atoms with Gasteiger partial charge in [-0.15, -0.1) is 0 Å². The van der Waals surface area contributed by atoms with Crippen molar-refractivity contribution in [3.8, 4) is 0 Å². The Labute approximate surface area is 156 Å². The maximum absolute atomic E-state index is 7.31. The molecular weight excluding hydrogens is 308 g/mol. The van der Waals surface area contributed by atoms with Crippen LogP contribution in [0.1, 0.15) is 87.5 Å². The van der Waals surface area contributed by atoms with Crippen molar-refractivity contribution in [2.75, 3.05) is 6.54 Å². The summed E-state index contributed by atoms with van der Waals surface area (Å²) in [5.41, 5.74) is 13.7. The number of nitrogens with two attached hydrogens (primary N) is 2. The zero-order chi connectivity index (χ0) is 19.3. The minimum atomic E-state index is -0.192. The first-order valence-corrected chi connectivity index (χ1v) is 10.2. The second-order valence-electron chi connectivity index (χ2n) is 11.6. The van der Waals surface area contributed by atoms with Gasteiger partial charge in [-0.3, -0.25) is 0 Å².